The molecular formula is C10H21IO4. The Morgan fingerprint density at radius 2 is 1.47 bits per heavy atom. The summed E-state index contributed by atoms with van der Waals surface area (Å²) in [5.74, 6) is -0.868. The Labute approximate surface area is 106 Å². The van der Waals surface area contributed by atoms with E-state index in [2.05, 4.69) is 34.3 Å². The lowest BCUT2D eigenvalue weighted by Gasteiger charge is -1.93. The zero-order valence-corrected chi connectivity index (χ0v) is 12.0. The fraction of sp³-hybridized carbons (Fsp3) is 0.800. The summed E-state index contributed by atoms with van der Waals surface area (Å²) in [6.45, 7) is 7.78. The number of carbonyl (C=O) groups excluding carboxylic acids is 1. The van der Waals surface area contributed by atoms with Crippen LogP contribution in [0.2, 0.25) is 0 Å². The standard InChI is InChI=1S/C5H10O2.C3H6O2.C2H5I/c1-3-5(6)7-4-2;1-2-3(4)5;1-2-3/h3-4H2,1-2H3;2H2,1H3,(H,4,5);2H2,1H3. The molecule has 0 bridgehead atoms. The zero-order chi connectivity index (χ0) is 12.7. The van der Waals surface area contributed by atoms with Crippen molar-refractivity contribution in [1.82, 2.24) is 0 Å². The average Bonchev–Trinajstić information content (AvgIpc) is 2.20. The van der Waals surface area contributed by atoms with Crippen LogP contribution in [0.3, 0.4) is 0 Å². The molecule has 0 rings (SSSR count). The van der Waals surface area contributed by atoms with Gasteiger partial charge in [0.15, 0.2) is 0 Å². The van der Waals surface area contributed by atoms with Gasteiger partial charge in [0, 0.05) is 12.8 Å². The van der Waals surface area contributed by atoms with Gasteiger partial charge in [-0.05, 0) is 11.4 Å². The van der Waals surface area contributed by atoms with Crippen molar-refractivity contribution in [1.29, 1.82) is 0 Å². The summed E-state index contributed by atoms with van der Waals surface area (Å²) in [4.78, 5) is 19.6. The quantitative estimate of drug-likeness (QED) is 0.490. The van der Waals surface area contributed by atoms with Crippen molar-refractivity contribution in [3.63, 3.8) is 0 Å². The second-order valence-electron chi connectivity index (χ2n) is 2.17. The van der Waals surface area contributed by atoms with Crippen molar-refractivity contribution in [3.05, 3.63) is 0 Å². The molecule has 92 valence electrons. The van der Waals surface area contributed by atoms with Gasteiger partial charge in [-0.15, -0.1) is 0 Å². The maximum absolute atomic E-state index is 10.2. The molecule has 0 aromatic carbocycles. The minimum Gasteiger partial charge on any atom is -0.481 e. The first kappa shape index (κ1) is 20.1. The maximum atomic E-state index is 10.2. The summed E-state index contributed by atoms with van der Waals surface area (Å²) in [5.41, 5.74) is 0. The number of ether oxygens (including phenoxy) is 1. The number of aliphatic carboxylic acids is 1. The molecule has 0 unspecified atom stereocenters. The van der Waals surface area contributed by atoms with Gasteiger partial charge in [-0.25, -0.2) is 0 Å². The second-order valence-corrected chi connectivity index (χ2v) is 3.70. The number of halogens is 1. The van der Waals surface area contributed by atoms with Crippen LogP contribution < -0.4 is 0 Å². The second kappa shape index (κ2) is 19.3. The lowest BCUT2D eigenvalue weighted by atomic mass is 10.5. The first-order chi connectivity index (χ1) is 6.99. The van der Waals surface area contributed by atoms with Crippen molar-refractivity contribution < 1.29 is 19.4 Å². The number of carbonyl (C=O) groups is 2. The molecule has 1 N–H and O–H groups in total. The Hall–Kier alpha value is -0.330. The number of carboxylic acids is 1. The van der Waals surface area contributed by atoms with Gasteiger partial charge in [0.25, 0.3) is 0 Å². The molecule has 0 aliphatic carbocycles. The van der Waals surface area contributed by atoms with Crippen LogP contribution in [0.1, 0.15) is 40.5 Å². The fourth-order valence-corrected chi connectivity index (χ4v) is 0.263. The van der Waals surface area contributed by atoms with E-state index in [0.29, 0.717) is 13.0 Å². The highest BCUT2D eigenvalue weighted by Gasteiger charge is 1.91. The van der Waals surface area contributed by atoms with E-state index in [0.717, 1.165) is 0 Å². The van der Waals surface area contributed by atoms with Crippen LogP contribution in [-0.4, -0.2) is 28.1 Å². The minimum atomic E-state index is -0.745. The number of hydrogen-bond acceptors (Lipinski definition) is 3. The number of esters is 1. The van der Waals surface area contributed by atoms with Crippen LogP contribution in [0, 0.1) is 0 Å². The first-order valence-electron chi connectivity index (χ1n) is 4.93. The average molecular weight is 332 g/mol. The predicted octanol–water partition coefficient (Wildman–Crippen LogP) is 2.88. The van der Waals surface area contributed by atoms with Gasteiger partial charge in [0.2, 0.25) is 0 Å². The van der Waals surface area contributed by atoms with E-state index >= 15 is 0 Å². The van der Waals surface area contributed by atoms with Crippen molar-refractivity contribution in [2.75, 3.05) is 11.0 Å². The van der Waals surface area contributed by atoms with Crippen molar-refractivity contribution in [2.45, 2.75) is 40.5 Å². The van der Waals surface area contributed by atoms with Crippen LogP contribution in [0.15, 0.2) is 0 Å². The van der Waals surface area contributed by atoms with Crippen LogP contribution in [0.4, 0.5) is 0 Å². The summed E-state index contributed by atoms with van der Waals surface area (Å²) in [6, 6.07) is 0. The normalized spacial score (nSPS) is 7.53. The molecule has 0 spiro atoms. The van der Waals surface area contributed by atoms with E-state index < -0.39 is 5.97 Å². The molecule has 0 saturated carbocycles. The largest absolute Gasteiger partial charge is 0.481 e. The maximum Gasteiger partial charge on any atom is 0.305 e. The molecule has 0 atom stereocenters. The molecule has 0 aromatic heterocycles. The van der Waals surface area contributed by atoms with Gasteiger partial charge in [0.1, 0.15) is 0 Å². The van der Waals surface area contributed by atoms with E-state index in [1.165, 1.54) is 4.43 Å². The van der Waals surface area contributed by atoms with Gasteiger partial charge in [-0.3, -0.25) is 9.59 Å². The summed E-state index contributed by atoms with van der Waals surface area (Å²) >= 11 is 2.29. The number of hydrogen-bond donors (Lipinski definition) is 1. The van der Waals surface area contributed by atoms with E-state index in [1.54, 1.807) is 20.8 Å². The van der Waals surface area contributed by atoms with Gasteiger partial charge in [-0.2, -0.15) is 0 Å². The van der Waals surface area contributed by atoms with Crippen molar-refractivity contribution in [3.8, 4) is 0 Å². The molecule has 5 heteroatoms. The number of alkyl halides is 1. The Balaban J connectivity index is -0.000000158. The first-order valence-corrected chi connectivity index (χ1v) is 6.45. The van der Waals surface area contributed by atoms with Crippen LogP contribution in [0.5, 0.6) is 0 Å². The Kier molecular flexibility index (Phi) is 25.9. The summed E-state index contributed by atoms with van der Waals surface area (Å²) in [7, 11) is 0. The smallest absolute Gasteiger partial charge is 0.305 e. The molecule has 0 saturated heterocycles. The Bertz CT molecular complexity index is 148. The highest BCUT2D eigenvalue weighted by molar-refractivity contribution is 14.1. The fourth-order valence-electron chi connectivity index (χ4n) is 0.263. The molecule has 4 nitrogen and oxygen atoms in total. The van der Waals surface area contributed by atoms with E-state index in [1.807, 2.05) is 0 Å². The third-order valence-electron chi connectivity index (χ3n) is 0.896. The van der Waals surface area contributed by atoms with Gasteiger partial charge in [-0.1, -0.05) is 43.4 Å². The van der Waals surface area contributed by atoms with Crippen LogP contribution in [0.25, 0.3) is 0 Å². The summed E-state index contributed by atoms with van der Waals surface area (Å²) < 4.78 is 5.77. The van der Waals surface area contributed by atoms with Gasteiger partial charge in [0.05, 0.1) is 6.61 Å². The predicted molar refractivity (Wildman–Crippen MR) is 69.4 cm³/mol. The zero-order valence-electron chi connectivity index (χ0n) is 9.88. The van der Waals surface area contributed by atoms with Crippen LogP contribution in [-0.2, 0) is 14.3 Å². The highest BCUT2D eigenvalue weighted by Crippen LogP contribution is 1.80. The lowest BCUT2D eigenvalue weighted by Crippen LogP contribution is -2.00. The molecule has 0 fully saturated rings. The Morgan fingerprint density at radius 1 is 1.13 bits per heavy atom. The molecule has 0 aliphatic rings. The van der Waals surface area contributed by atoms with E-state index in [9.17, 15) is 9.59 Å². The molecule has 0 aliphatic heterocycles. The lowest BCUT2D eigenvalue weighted by molar-refractivity contribution is -0.142. The highest BCUT2D eigenvalue weighted by atomic mass is 127. The molecule has 0 amide bonds. The summed E-state index contributed by atoms with van der Waals surface area (Å²) in [5, 5.41) is 7.72. The molecular weight excluding hydrogens is 311 g/mol. The SMILES string of the molecule is CCC(=O)O.CCI.CCOC(=O)CC. The van der Waals surface area contributed by atoms with E-state index in [4.69, 9.17) is 5.11 Å². The van der Waals surface area contributed by atoms with Crippen LogP contribution >= 0.6 is 22.6 Å². The number of carboxylic acid groups (broad SMARTS) is 1. The van der Waals surface area contributed by atoms with Gasteiger partial charge < -0.3 is 9.84 Å². The molecule has 0 radical (unpaired) electrons. The number of rotatable bonds is 3. The van der Waals surface area contributed by atoms with E-state index in [-0.39, 0.29) is 12.4 Å². The minimum absolute atomic E-state index is 0.123. The third kappa shape index (κ3) is 41.8. The van der Waals surface area contributed by atoms with Crippen molar-refractivity contribution in [2.24, 2.45) is 0 Å². The summed E-state index contributed by atoms with van der Waals surface area (Å²) in [6.07, 6.45) is 0.702. The van der Waals surface area contributed by atoms with Gasteiger partial charge >= 0.3 is 11.9 Å². The van der Waals surface area contributed by atoms with Crippen molar-refractivity contribution >= 4 is 34.5 Å². The molecule has 0 aromatic rings. The molecule has 15 heavy (non-hydrogen) atoms. The topological polar surface area (TPSA) is 63.6 Å². The third-order valence-corrected chi connectivity index (χ3v) is 0.896. The monoisotopic (exact) mass is 332 g/mol. The Morgan fingerprint density at radius 3 is 1.53 bits per heavy atom. The molecule has 0 heterocycles.